The predicted molar refractivity (Wildman–Crippen MR) is 107 cm³/mol. The Hall–Kier alpha value is -2.37. The average Bonchev–Trinajstić information content (AvgIpc) is 3.59. The normalized spacial score (nSPS) is 21.4. The van der Waals surface area contributed by atoms with Crippen LogP contribution in [0.2, 0.25) is 0 Å². The van der Waals surface area contributed by atoms with E-state index < -0.39 is 0 Å². The number of hydrogen-bond donors (Lipinski definition) is 1. The van der Waals surface area contributed by atoms with Crippen LogP contribution in [0.15, 0.2) is 24.3 Å². The molecular formula is C22H29N3O3. The third-order valence-electron chi connectivity index (χ3n) is 6.34. The van der Waals surface area contributed by atoms with Crippen LogP contribution in [0.1, 0.15) is 48.9 Å². The topological polar surface area (TPSA) is 69.7 Å². The molecule has 1 aromatic carbocycles. The van der Waals surface area contributed by atoms with Crippen molar-refractivity contribution in [1.29, 1.82) is 0 Å². The molecule has 6 nitrogen and oxygen atoms in total. The van der Waals surface area contributed by atoms with Crippen LogP contribution >= 0.6 is 0 Å². The van der Waals surface area contributed by atoms with E-state index in [4.69, 9.17) is 0 Å². The van der Waals surface area contributed by atoms with Gasteiger partial charge in [0.05, 0.1) is 0 Å². The minimum Gasteiger partial charge on any atom is -0.371 e. The highest BCUT2D eigenvalue weighted by atomic mass is 16.2. The molecule has 0 atom stereocenters. The van der Waals surface area contributed by atoms with Crippen LogP contribution in [0.5, 0.6) is 0 Å². The maximum atomic E-state index is 12.7. The van der Waals surface area contributed by atoms with Crippen molar-refractivity contribution in [3.05, 3.63) is 29.8 Å². The minimum absolute atomic E-state index is 0.0663. The van der Waals surface area contributed by atoms with Gasteiger partial charge in [0.1, 0.15) is 6.29 Å². The zero-order valence-electron chi connectivity index (χ0n) is 16.3. The lowest BCUT2D eigenvalue weighted by atomic mass is 9.94. The van der Waals surface area contributed by atoms with Crippen molar-refractivity contribution in [3.8, 4) is 0 Å². The van der Waals surface area contributed by atoms with Gasteiger partial charge in [-0.1, -0.05) is 0 Å². The number of carbonyl (C=O) groups is 3. The van der Waals surface area contributed by atoms with Gasteiger partial charge >= 0.3 is 0 Å². The summed E-state index contributed by atoms with van der Waals surface area (Å²) < 4.78 is 0. The Morgan fingerprint density at radius 1 is 0.857 bits per heavy atom. The number of carbonyl (C=O) groups excluding carboxylic acids is 3. The van der Waals surface area contributed by atoms with Gasteiger partial charge in [-0.2, -0.15) is 0 Å². The van der Waals surface area contributed by atoms with E-state index in [-0.39, 0.29) is 23.8 Å². The molecule has 0 unspecified atom stereocenters. The first kappa shape index (κ1) is 19.0. The molecule has 2 heterocycles. The quantitative estimate of drug-likeness (QED) is 0.792. The molecule has 2 aliphatic heterocycles. The van der Waals surface area contributed by atoms with E-state index in [2.05, 4.69) is 10.2 Å². The van der Waals surface area contributed by atoms with Gasteiger partial charge in [0.15, 0.2) is 0 Å². The number of nitrogens with one attached hydrogen (secondary N) is 1. The Balaban J connectivity index is 1.21. The number of anilines is 1. The largest absolute Gasteiger partial charge is 0.371 e. The highest BCUT2D eigenvalue weighted by molar-refractivity contribution is 5.81. The van der Waals surface area contributed by atoms with E-state index in [0.29, 0.717) is 11.5 Å². The number of benzene rings is 1. The highest BCUT2D eigenvalue weighted by Gasteiger charge is 2.35. The molecule has 1 aromatic rings. The summed E-state index contributed by atoms with van der Waals surface area (Å²) in [5.41, 5.74) is 1.79. The molecule has 1 saturated carbocycles. The lowest BCUT2D eigenvalue weighted by Gasteiger charge is -2.35. The van der Waals surface area contributed by atoms with Crippen LogP contribution in [0, 0.1) is 11.8 Å². The molecule has 28 heavy (non-hydrogen) atoms. The summed E-state index contributed by atoms with van der Waals surface area (Å²) >= 11 is 0. The van der Waals surface area contributed by atoms with Crippen molar-refractivity contribution in [2.24, 2.45) is 11.8 Å². The SMILES string of the molecule is O=Cc1ccc(N2CCC(C(=O)NC3CCN(C(=O)C4CC4)CC3)CC2)cc1. The molecule has 1 aliphatic carbocycles. The van der Waals surface area contributed by atoms with Crippen LogP contribution in [0.4, 0.5) is 5.69 Å². The zero-order valence-corrected chi connectivity index (χ0v) is 16.3. The second-order valence-corrected chi connectivity index (χ2v) is 8.35. The number of rotatable bonds is 5. The minimum atomic E-state index is 0.0663. The van der Waals surface area contributed by atoms with E-state index in [9.17, 15) is 14.4 Å². The van der Waals surface area contributed by atoms with Gasteiger partial charge in [-0.15, -0.1) is 0 Å². The van der Waals surface area contributed by atoms with E-state index in [1.807, 2.05) is 29.2 Å². The van der Waals surface area contributed by atoms with Crippen LogP contribution in [0.3, 0.4) is 0 Å². The third-order valence-corrected chi connectivity index (χ3v) is 6.34. The molecule has 3 aliphatic rings. The smallest absolute Gasteiger partial charge is 0.225 e. The van der Waals surface area contributed by atoms with Crippen molar-refractivity contribution in [3.63, 3.8) is 0 Å². The Bertz CT molecular complexity index is 713. The van der Waals surface area contributed by atoms with Crippen molar-refractivity contribution < 1.29 is 14.4 Å². The molecular weight excluding hydrogens is 354 g/mol. The Morgan fingerprint density at radius 2 is 1.50 bits per heavy atom. The monoisotopic (exact) mass is 383 g/mol. The molecule has 6 heteroatoms. The summed E-state index contributed by atoms with van der Waals surface area (Å²) in [6, 6.07) is 7.81. The number of piperidine rings is 2. The third kappa shape index (κ3) is 4.37. The van der Waals surface area contributed by atoms with E-state index in [0.717, 1.165) is 76.7 Å². The lowest BCUT2D eigenvalue weighted by molar-refractivity contribution is -0.133. The van der Waals surface area contributed by atoms with E-state index in [1.54, 1.807) is 0 Å². The van der Waals surface area contributed by atoms with E-state index >= 15 is 0 Å². The summed E-state index contributed by atoms with van der Waals surface area (Å²) in [5, 5.41) is 3.23. The lowest BCUT2D eigenvalue weighted by Crippen LogP contribution is -2.49. The number of amides is 2. The van der Waals surface area contributed by atoms with Crippen molar-refractivity contribution in [1.82, 2.24) is 10.2 Å². The summed E-state index contributed by atoms with van der Waals surface area (Å²) in [6.45, 7) is 3.25. The molecule has 0 bridgehead atoms. The van der Waals surface area contributed by atoms with Gasteiger partial charge in [0.2, 0.25) is 11.8 Å². The second kappa shape index (κ2) is 8.33. The van der Waals surface area contributed by atoms with Crippen LogP contribution in [-0.2, 0) is 9.59 Å². The number of likely N-dealkylation sites (tertiary alicyclic amines) is 1. The first-order valence-electron chi connectivity index (χ1n) is 10.5. The number of nitrogens with zero attached hydrogens (tertiary/aromatic N) is 2. The van der Waals surface area contributed by atoms with Gasteiger partial charge in [-0.05, 0) is 62.8 Å². The van der Waals surface area contributed by atoms with Crippen molar-refractivity contribution in [2.75, 3.05) is 31.1 Å². The van der Waals surface area contributed by atoms with Crippen molar-refractivity contribution >= 4 is 23.8 Å². The van der Waals surface area contributed by atoms with Crippen LogP contribution < -0.4 is 10.2 Å². The highest BCUT2D eigenvalue weighted by Crippen LogP contribution is 2.32. The summed E-state index contributed by atoms with van der Waals surface area (Å²) in [4.78, 5) is 39.9. The summed E-state index contributed by atoms with van der Waals surface area (Å²) in [5.74, 6) is 0.837. The summed E-state index contributed by atoms with van der Waals surface area (Å²) in [7, 11) is 0. The molecule has 0 spiro atoms. The van der Waals surface area contributed by atoms with Crippen LogP contribution in [-0.4, -0.2) is 55.2 Å². The van der Waals surface area contributed by atoms with Crippen molar-refractivity contribution in [2.45, 2.75) is 44.6 Å². The maximum Gasteiger partial charge on any atom is 0.225 e. The molecule has 3 fully saturated rings. The van der Waals surface area contributed by atoms with Crippen LogP contribution in [0.25, 0.3) is 0 Å². The van der Waals surface area contributed by atoms with Gasteiger partial charge in [-0.3, -0.25) is 14.4 Å². The fourth-order valence-electron chi connectivity index (χ4n) is 4.32. The Labute approximate surface area is 166 Å². The van der Waals surface area contributed by atoms with Gasteiger partial charge in [0.25, 0.3) is 0 Å². The molecule has 2 saturated heterocycles. The summed E-state index contributed by atoms with van der Waals surface area (Å²) in [6.07, 6.45) is 6.39. The fraction of sp³-hybridized carbons (Fsp3) is 0.591. The first-order chi connectivity index (χ1) is 13.6. The zero-order chi connectivity index (χ0) is 19.5. The van der Waals surface area contributed by atoms with Gasteiger partial charge in [-0.25, -0.2) is 0 Å². The molecule has 4 rings (SSSR count). The molecule has 0 aromatic heterocycles. The molecule has 1 N–H and O–H groups in total. The van der Waals surface area contributed by atoms with Gasteiger partial charge in [0, 0.05) is 55.3 Å². The first-order valence-corrected chi connectivity index (χ1v) is 10.5. The Kier molecular flexibility index (Phi) is 5.64. The molecule has 2 amide bonds. The van der Waals surface area contributed by atoms with Gasteiger partial charge < -0.3 is 15.1 Å². The molecule has 150 valence electrons. The number of hydrogen-bond acceptors (Lipinski definition) is 4. The second-order valence-electron chi connectivity index (χ2n) is 8.35. The van der Waals surface area contributed by atoms with E-state index in [1.165, 1.54) is 0 Å². The Morgan fingerprint density at radius 3 is 2.07 bits per heavy atom. The fourth-order valence-corrected chi connectivity index (χ4v) is 4.32. The molecule has 0 radical (unpaired) electrons. The average molecular weight is 383 g/mol. The standard InChI is InChI=1S/C22H29N3O3/c26-15-16-1-5-20(6-2-16)24-11-7-17(8-12-24)21(27)23-19-9-13-25(14-10-19)22(28)18-3-4-18/h1-2,5-6,15,17-19H,3-4,7-14H2,(H,23,27). The maximum absolute atomic E-state index is 12.7. The number of aldehydes is 1. The predicted octanol–water partition coefficient (Wildman–Crippen LogP) is 2.23.